The van der Waals surface area contributed by atoms with Crippen molar-refractivity contribution in [2.45, 2.75) is 31.7 Å². The van der Waals surface area contributed by atoms with Gasteiger partial charge < -0.3 is 20.1 Å². The number of nitrogens with zero attached hydrogens (tertiary/aromatic N) is 6. The van der Waals surface area contributed by atoms with Crippen molar-refractivity contribution in [2.75, 3.05) is 30.4 Å². The predicted molar refractivity (Wildman–Crippen MR) is 140 cm³/mol. The normalized spacial score (nSPS) is 20.9. The summed E-state index contributed by atoms with van der Waals surface area (Å²) in [6.07, 6.45) is 5.19. The van der Waals surface area contributed by atoms with Crippen molar-refractivity contribution in [1.29, 1.82) is 0 Å². The first kappa shape index (κ1) is 22.2. The first-order chi connectivity index (χ1) is 18.0. The van der Waals surface area contributed by atoms with Crippen LogP contribution < -0.4 is 15.5 Å². The second kappa shape index (κ2) is 8.24. The van der Waals surface area contributed by atoms with E-state index >= 15 is 0 Å². The Bertz CT molecular complexity index is 1570. The highest BCUT2D eigenvalue weighted by molar-refractivity contribution is 6.06. The van der Waals surface area contributed by atoms with Gasteiger partial charge in [0.05, 0.1) is 34.5 Å². The number of anilines is 3. The Morgan fingerprint density at radius 3 is 2.92 bits per heavy atom. The molecule has 1 unspecified atom stereocenters. The van der Waals surface area contributed by atoms with E-state index in [9.17, 15) is 9.18 Å². The molecule has 0 aromatic carbocycles. The summed E-state index contributed by atoms with van der Waals surface area (Å²) in [7, 11) is 4.00. The van der Waals surface area contributed by atoms with Crippen molar-refractivity contribution in [2.24, 2.45) is 7.05 Å². The predicted octanol–water partition coefficient (Wildman–Crippen LogP) is 3.38. The molecule has 1 saturated heterocycles. The molecule has 188 valence electrons. The fourth-order valence-corrected chi connectivity index (χ4v) is 6.03. The van der Waals surface area contributed by atoms with Crippen LogP contribution in [0.15, 0.2) is 42.9 Å². The van der Waals surface area contributed by atoms with Gasteiger partial charge in [0.2, 0.25) is 0 Å². The minimum absolute atomic E-state index is 0.136. The lowest BCUT2D eigenvalue weighted by atomic mass is 10.0. The molecule has 0 bridgehead atoms. The number of pyridine rings is 3. The number of aromatic nitrogens is 4. The summed E-state index contributed by atoms with van der Waals surface area (Å²) in [5.74, 6) is 0.496. The van der Waals surface area contributed by atoms with Crippen LogP contribution in [0.2, 0.25) is 0 Å². The summed E-state index contributed by atoms with van der Waals surface area (Å²) in [6.45, 7) is 2.30. The van der Waals surface area contributed by atoms with Gasteiger partial charge in [0.1, 0.15) is 17.6 Å². The van der Waals surface area contributed by atoms with Crippen LogP contribution in [-0.2, 0) is 20.1 Å². The minimum atomic E-state index is -0.814. The van der Waals surface area contributed by atoms with Gasteiger partial charge in [-0.05, 0) is 31.3 Å². The van der Waals surface area contributed by atoms with E-state index in [4.69, 9.17) is 9.97 Å². The Morgan fingerprint density at radius 2 is 2.03 bits per heavy atom. The summed E-state index contributed by atoms with van der Waals surface area (Å²) in [6, 6.07) is 8.04. The van der Waals surface area contributed by atoms with E-state index in [1.54, 1.807) is 12.4 Å². The van der Waals surface area contributed by atoms with Gasteiger partial charge in [-0.25, -0.2) is 14.4 Å². The number of carbonyl (C=O) groups is 1. The fraction of sp³-hybridized carbons (Fsp3) is 0.333. The number of hydrogen-bond acceptors (Lipinski definition) is 7. The largest absolute Gasteiger partial charge is 0.363 e. The molecule has 37 heavy (non-hydrogen) atoms. The van der Waals surface area contributed by atoms with Crippen LogP contribution in [0.3, 0.4) is 0 Å². The number of amides is 1. The van der Waals surface area contributed by atoms with Gasteiger partial charge in [-0.15, -0.1) is 0 Å². The molecule has 1 fully saturated rings. The number of aryl methyl sites for hydroxylation is 1. The number of halogens is 1. The number of hydrogen-bond donors (Lipinski definition) is 2. The highest BCUT2D eigenvalue weighted by Gasteiger charge is 2.36. The Hall–Kier alpha value is -4.05. The smallest absolute Gasteiger partial charge is 0.254 e. The molecule has 0 aliphatic carbocycles. The highest BCUT2D eigenvalue weighted by atomic mass is 19.1. The van der Waals surface area contributed by atoms with Crippen LogP contribution in [0.1, 0.15) is 28.0 Å². The van der Waals surface area contributed by atoms with Gasteiger partial charge in [0.15, 0.2) is 0 Å². The Balaban J connectivity index is 1.27. The van der Waals surface area contributed by atoms with Crippen molar-refractivity contribution in [1.82, 2.24) is 29.7 Å². The summed E-state index contributed by atoms with van der Waals surface area (Å²) >= 11 is 0. The van der Waals surface area contributed by atoms with Gasteiger partial charge in [-0.2, -0.15) is 0 Å². The zero-order chi connectivity index (χ0) is 25.3. The molecule has 0 radical (unpaired) electrons. The van der Waals surface area contributed by atoms with Gasteiger partial charge in [-0.3, -0.25) is 14.7 Å². The van der Waals surface area contributed by atoms with Crippen molar-refractivity contribution in [3.63, 3.8) is 0 Å². The maximum atomic E-state index is 14.2. The topological polar surface area (TPSA) is 91.2 Å². The Labute approximate surface area is 213 Å². The van der Waals surface area contributed by atoms with Crippen molar-refractivity contribution in [3.05, 3.63) is 59.7 Å². The molecule has 0 spiro atoms. The summed E-state index contributed by atoms with van der Waals surface area (Å²) < 4.78 is 16.2. The van der Waals surface area contributed by atoms with E-state index in [1.165, 1.54) is 0 Å². The first-order valence-corrected chi connectivity index (χ1v) is 12.5. The van der Waals surface area contributed by atoms with Crippen LogP contribution in [-0.4, -0.2) is 62.7 Å². The van der Waals surface area contributed by atoms with Crippen molar-refractivity contribution >= 4 is 34.1 Å². The van der Waals surface area contributed by atoms with E-state index in [0.717, 1.165) is 45.8 Å². The molecule has 10 heteroatoms. The third kappa shape index (κ3) is 3.54. The number of likely N-dealkylation sites (N-methyl/N-ethyl adjacent to an activating group) is 1. The third-order valence-corrected chi connectivity index (χ3v) is 7.68. The minimum Gasteiger partial charge on any atom is -0.363 e. The van der Waals surface area contributed by atoms with Crippen LogP contribution >= 0.6 is 0 Å². The zero-order valence-electron chi connectivity index (χ0n) is 20.7. The number of nitrogens with one attached hydrogen (secondary N) is 2. The first-order valence-electron chi connectivity index (χ1n) is 12.5. The van der Waals surface area contributed by atoms with E-state index in [1.807, 2.05) is 49.1 Å². The molecule has 3 aliphatic rings. The maximum absolute atomic E-state index is 14.2. The quantitative estimate of drug-likeness (QED) is 0.448. The molecular weight excluding hydrogens is 471 g/mol. The molecule has 3 aliphatic heterocycles. The lowest BCUT2D eigenvalue weighted by molar-refractivity contribution is 0.0966. The van der Waals surface area contributed by atoms with E-state index in [-0.39, 0.29) is 11.9 Å². The molecular formula is C27H27FN8O. The molecule has 2 atom stereocenters. The Morgan fingerprint density at radius 1 is 1.14 bits per heavy atom. The molecule has 7 rings (SSSR count). The molecule has 4 aromatic rings. The SMILES string of the molecule is CN1Cc2nc(Nc3cnc(-c4ccnc5c4ccn5C)c4c3C(=O)NC4)ccc2N2C[C@@H](F)CC2C1. The van der Waals surface area contributed by atoms with E-state index in [2.05, 4.69) is 25.4 Å². The summed E-state index contributed by atoms with van der Waals surface area (Å²) in [4.78, 5) is 31.5. The molecule has 0 saturated carbocycles. The standard InChI is InChI=1S/C27H27FN8O/c1-34-13-16-9-15(28)12-36(16)22-3-4-23(33-21(22)14-34)32-20-11-30-25(19-10-31-27(37)24(19)20)17-5-7-29-26-18(17)6-8-35(26)2/h3-8,11,15-16H,9-10,12-14H2,1-2H3,(H,31,37)(H,32,33)/t15-,16?/m0/s1. The fourth-order valence-electron chi connectivity index (χ4n) is 6.03. The maximum Gasteiger partial charge on any atom is 0.254 e. The Kier molecular flexibility index (Phi) is 4.94. The van der Waals surface area contributed by atoms with E-state index in [0.29, 0.717) is 43.1 Å². The summed E-state index contributed by atoms with van der Waals surface area (Å²) in [5.41, 5.74) is 6.53. The van der Waals surface area contributed by atoms with Gasteiger partial charge in [-0.1, -0.05) is 0 Å². The number of carbonyl (C=O) groups excluding carboxylic acids is 1. The molecule has 9 nitrogen and oxygen atoms in total. The zero-order valence-corrected chi connectivity index (χ0v) is 20.7. The van der Waals surface area contributed by atoms with Crippen molar-refractivity contribution in [3.8, 4) is 11.3 Å². The molecule has 1 amide bonds. The van der Waals surface area contributed by atoms with Crippen LogP contribution in [0.4, 0.5) is 21.6 Å². The van der Waals surface area contributed by atoms with Crippen LogP contribution in [0.5, 0.6) is 0 Å². The lowest BCUT2D eigenvalue weighted by Crippen LogP contribution is -2.35. The third-order valence-electron chi connectivity index (χ3n) is 7.68. The highest BCUT2D eigenvalue weighted by Crippen LogP contribution is 2.37. The van der Waals surface area contributed by atoms with Gasteiger partial charge >= 0.3 is 0 Å². The molecule has 7 heterocycles. The summed E-state index contributed by atoms with van der Waals surface area (Å²) in [5, 5.41) is 7.30. The van der Waals surface area contributed by atoms with Gasteiger partial charge in [0.25, 0.3) is 5.91 Å². The van der Waals surface area contributed by atoms with Gasteiger partial charge in [0, 0.05) is 74.6 Å². The average molecular weight is 499 g/mol. The number of fused-ring (bicyclic) bond motifs is 5. The van der Waals surface area contributed by atoms with Crippen molar-refractivity contribution < 1.29 is 9.18 Å². The number of rotatable bonds is 3. The average Bonchev–Trinajstić information content (AvgIpc) is 3.54. The second-order valence-electron chi connectivity index (χ2n) is 10.2. The molecule has 2 N–H and O–H groups in total. The van der Waals surface area contributed by atoms with Crippen LogP contribution in [0, 0.1) is 0 Å². The second-order valence-corrected chi connectivity index (χ2v) is 10.2. The van der Waals surface area contributed by atoms with Crippen LogP contribution in [0.25, 0.3) is 22.3 Å². The van der Waals surface area contributed by atoms with E-state index < -0.39 is 6.17 Å². The monoisotopic (exact) mass is 498 g/mol. The number of alkyl halides is 1. The lowest BCUT2D eigenvalue weighted by Gasteiger charge is -2.25. The molecule has 4 aromatic heterocycles.